The third kappa shape index (κ3) is 5.68. The molecule has 34 heavy (non-hydrogen) atoms. The monoisotopic (exact) mass is 475 g/mol. The number of nitrogens with zero attached hydrogens (tertiary/aromatic N) is 2. The number of aromatic nitrogens is 2. The number of benzene rings is 2. The normalized spacial score (nSPS) is 13.0. The van der Waals surface area contributed by atoms with Gasteiger partial charge in [-0.05, 0) is 73.4 Å². The number of thiophene rings is 1. The van der Waals surface area contributed by atoms with E-state index < -0.39 is 0 Å². The Bertz CT molecular complexity index is 1200. The van der Waals surface area contributed by atoms with Crippen LogP contribution >= 0.6 is 11.3 Å². The Balaban J connectivity index is 1.36. The number of hydrogen-bond acceptors (Lipinski definition) is 4. The molecule has 4 rings (SSSR count). The van der Waals surface area contributed by atoms with Crippen LogP contribution in [0.2, 0.25) is 0 Å². The van der Waals surface area contributed by atoms with Crippen LogP contribution in [0.15, 0.2) is 66.0 Å². The van der Waals surface area contributed by atoms with Gasteiger partial charge in [-0.1, -0.05) is 44.2 Å². The number of aryl methyl sites for hydroxylation is 1. The second-order valence-electron chi connectivity index (χ2n) is 8.72. The van der Waals surface area contributed by atoms with Crippen LogP contribution in [0.25, 0.3) is 11.0 Å². The van der Waals surface area contributed by atoms with E-state index in [1.807, 2.05) is 42.6 Å². The summed E-state index contributed by atoms with van der Waals surface area (Å²) >= 11 is 1.44. The molecule has 5 nitrogen and oxygen atoms in total. The molecule has 0 radical (unpaired) electrons. The van der Waals surface area contributed by atoms with Crippen LogP contribution in [0.1, 0.15) is 73.1 Å². The summed E-state index contributed by atoms with van der Waals surface area (Å²) < 4.78 is 8.20. The predicted molar refractivity (Wildman–Crippen MR) is 140 cm³/mol. The maximum atomic E-state index is 12.6. The van der Waals surface area contributed by atoms with Crippen LogP contribution in [0.4, 0.5) is 0 Å². The van der Waals surface area contributed by atoms with E-state index in [0.29, 0.717) is 17.4 Å². The quantitative estimate of drug-likeness (QED) is 0.239. The number of carbonyl (C=O) groups excluding carboxylic acids is 1. The van der Waals surface area contributed by atoms with E-state index in [4.69, 9.17) is 9.72 Å². The first-order chi connectivity index (χ1) is 16.6. The number of unbranched alkanes of at least 4 members (excludes halogenated alkanes) is 1. The van der Waals surface area contributed by atoms with E-state index in [0.717, 1.165) is 48.4 Å². The highest BCUT2D eigenvalue weighted by molar-refractivity contribution is 7.12. The van der Waals surface area contributed by atoms with Crippen LogP contribution in [0.3, 0.4) is 0 Å². The van der Waals surface area contributed by atoms with Crippen molar-refractivity contribution in [1.29, 1.82) is 0 Å². The maximum absolute atomic E-state index is 12.6. The van der Waals surface area contributed by atoms with Gasteiger partial charge < -0.3 is 14.6 Å². The van der Waals surface area contributed by atoms with Crippen molar-refractivity contribution in [2.45, 2.75) is 58.5 Å². The summed E-state index contributed by atoms with van der Waals surface area (Å²) in [5, 5.41) is 5.02. The topological polar surface area (TPSA) is 56.1 Å². The minimum Gasteiger partial charge on any atom is -0.494 e. The number of amides is 1. The number of hydrogen-bond donors (Lipinski definition) is 1. The Kier molecular flexibility index (Phi) is 8.01. The third-order valence-electron chi connectivity index (χ3n) is 6.27. The van der Waals surface area contributed by atoms with Crippen LogP contribution in [-0.4, -0.2) is 22.1 Å². The molecule has 178 valence electrons. The van der Waals surface area contributed by atoms with Crippen LogP contribution in [0, 0.1) is 0 Å². The predicted octanol–water partition coefficient (Wildman–Crippen LogP) is 6.96. The fourth-order valence-corrected chi connectivity index (χ4v) is 4.72. The summed E-state index contributed by atoms with van der Waals surface area (Å²) in [6.45, 7) is 7.96. The van der Waals surface area contributed by atoms with E-state index in [-0.39, 0.29) is 11.9 Å². The summed E-state index contributed by atoms with van der Waals surface area (Å²) in [6.07, 6.45) is 3.04. The number of imidazole rings is 1. The largest absolute Gasteiger partial charge is 0.494 e. The fourth-order valence-electron chi connectivity index (χ4n) is 4.09. The first kappa shape index (κ1) is 24.0. The molecule has 0 bridgehead atoms. The average Bonchev–Trinajstić information content (AvgIpc) is 3.52. The molecule has 0 aliphatic heterocycles. The van der Waals surface area contributed by atoms with E-state index in [1.165, 1.54) is 16.9 Å². The summed E-state index contributed by atoms with van der Waals surface area (Å²) in [4.78, 5) is 18.1. The number of rotatable bonds is 11. The average molecular weight is 476 g/mol. The van der Waals surface area contributed by atoms with Crippen molar-refractivity contribution in [2.24, 2.45) is 0 Å². The highest BCUT2D eigenvalue weighted by Gasteiger charge is 2.19. The maximum Gasteiger partial charge on any atom is 0.261 e. The molecule has 0 aliphatic rings. The zero-order valence-corrected chi connectivity index (χ0v) is 21.0. The number of fused-ring (bicyclic) bond motifs is 1. The van der Waals surface area contributed by atoms with Crippen LogP contribution in [0.5, 0.6) is 5.75 Å². The molecule has 1 amide bonds. The van der Waals surface area contributed by atoms with Gasteiger partial charge >= 0.3 is 0 Å². The Labute approximate surface area is 205 Å². The van der Waals surface area contributed by atoms with Gasteiger partial charge in [0.25, 0.3) is 5.91 Å². The van der Waals surface area contributed by atoms with Crippen molar-refractivity contribution in [3.63, 3.8) is 0 Å². The van der Waals surface area contributed by atoms with Gasteiger partial charge in [-0.15, -0.1) is 11.3 Å². The Morgan fingerprint density at radius 2 is 1.85 bits per heavy atom. The van der Waals surface area contributed by atoms with E-state index in [2.05, 4.69) is 54.1 Å². The number of carbonyl (C=O) groups is 1. The van der Waals surface area contributed by atoms with Gasteiger partial charge in [0, 0.05) is 6.54 Å². The SMILES string of the molecule is CCC(C)c1ccc(OCCCCn2c(C(C)NC(=O)c3cccs3)nc3ccccc32)cc1. The van der Waals surface area contributed by atoms with Crippen molar-refractivity contribution in [2.75, 3.05) is 6.61 Å². The highest BCUT2D eigenvalue weighted by atomic mass is 32.1. The molecule has 0 spiro atoms. The van der Waals surface area contributed by atoms with Gasteiger partial charge in [0.05, 0.1) is 28.6 Å². The zero-order chi connectivity index (χ0) is 23.9. The van der Waals surface area contributed by atoms with E-state index in [9.17, 15) is 4.79 Å². The lowest BCUT2D eigenvalue weighted by molar-refractivity contribution is 0.0941. The summed E-state index contributed by atoms with van der Waals surface area (Å²) in [5.74, 6) is 2.32. The Hall–Kier alpha value is -3.12. The molecule has 0 fully saturated rings. The van der Waals surface area contributed by atoms with E-state index >= 15 is 0 Å². The van der Waals surface area contributed by atoms with Gasteiger partial charge in [-0.3, -0.25) is 4.79 Å². The van der Waals surface area contributed by atoms with Crippen LogP contribution < -0.4 is 10.1 Å². The van der Waals surface area contributed by atoms with Crippen molar-refractivity contribution >= 4 is 28.3 Å². The molecule has 2 atom stereocenters. The standard InChI is InChI=1S/C28H33N3O2S/c1-4-20(2)22-13-15-23(16-14-22)33-18-8-7-17-31-25-11-6-5-10-24(25)30-27(31)21(3)29-28(32)26-12-9-19-34-26/h5-6,9-16,19-21H,4,7-8,17-18H2,1-3H3,(H,29,32). The first-order valence-corrected chi connectivity index (χ1v) is 13.0. The molecule has 2 aromatic carbocycles. The lowest BCUT2D eigenvalue weighted by Crippen LogP contribution is -2.28. The van der Waals surface area contributed by atoms with Crippen molar-refractivity contribution < 1.29 is 9.53 Å². The van der Waals surface area contributed by atoms with Crippen LogP contribution in [-0.2, 0) is 6.54 Å². The van der Waals surface area contributed by atoms with Gasteiger partial charge in [-0.25, -0.2) is 4.98 Å². The second-order valence-corrected chi connectivity index (χ2v) is 9.66. The molecule has 4 aromatic rings. The summed E-state index contributed by atoms with van der Waals surface area (Å²) in [7, 11) is 0. The molecule has 2 heterocycles. The summed E-state index contributed by atoms with van der Waals surface area (Å²) in [5.41, 5.74) is 3.40. The lowest BCUT2D eigenvalue weighted by atomic mass is 9.99. The molecular weight excluding hydrogens is 442 g/mol. The van der Waals surface area contributed by atoms with Crippen molar-refractivity contribution in [3.8, 4) is 5.75 Å². The minimum atomic E-state index is -0.192. The van der Waals surface area contributed by atoms with Gasteiger partial charge in [0.2, 0.25) is 0 Å². The number of ether oxygens (including phenoxy) is 1. The molecule has 2 aromatic heterocycles. The summed E-state index contributed by atoms with van der Waals surface area (Å²) in [6, 6.07) is 20.2. The van der Waals surface area contributed by atoms with Gasteiger partial charge in [0.15, 0.2) is 0 Å². The molecular formula is C28H33N3O2S. The van der Waals surface area contributed by atoms with Crippen molar-refractivity contribution in [3.05, 3.63) is 82.3 Å². The smallest absolute Gasteiger partial charge is 0.261 e. The Morgan fingerprint density at radius 3 is 2.59 bits per heavy atom. The molecule has 0 saturated carbocycles. The Morgan fingerprint density at radius 1 is 1.06 bits per heavy atom. The number of nitrogens with one attached hydrogen (secondary N) is 1. The van der Waals surface area contributed by atoms with Gasteiger partial charge in [0.1, 0.15) is 11.6 Å². The molecule has 1 N–H and O–H groups in total. The molecule has 2 unspecified atom stereocenters. The molecule has 0 aliphatic carbocycles. The first-order valence-electron chi connectivity index (χ1n) is 12.1. The van der Waals surface area contributed by atoms with Crippen molar-refractivity contribution in [1.82, 2.24) is 14.9 Å². The van der Waals surface area contributed by atoms with E-state index in [1.54, 1.807) is 0 Å². The third-order valence-corrected chi connectivity index (χ3v) is 7.14. The number of para-hydroxylation sites is 2. The molecule has 0 saturated heterocycles. The lowest BCUT2D eigenvalue weighted by Gasteiger charge is -2.16. The molecule has 6 heteroatoms. The van der Waals surface area contributed by atoms with Gasteiger partial charge in [-0.2, -0.15) is 0 Å². The fraction of sp³-hybridized carbons (Fsp3) is 0.357. The zero-order valence-electron chi connectivity index (χ0n) is 20.2. The second kappa shape index (κ2) is 11.3. The highest BCUT2D eigenvalue weighted by Crippen LogP contribution is 2.23. The minimum absolute atomic E-state index is 0.0612.